The van der Waals surface area contributed by atoms with Crippen molar-refractivity contribution in [2.45, 2.75) is 13.5 Å². The van der Waals surface area contributed by atoms with E-state index in [-0.39, 0.29) is 11.7 Å². The molecule has 0 saturated heterocycles. The molecule has 0 spiro atoms. The van der Waals surface area contributed by atoms with Crippen molar-refractivity contribution in [3.8, 4) is 0 Å². The van der Waals surface area contributed by atoms with Crippen molar-refractivity contribution in [3.63, 3.8) is 0 Å². The second kappa shape index (κ2) is 8.33. The Morgan fingerprint density at radius 2 is 2.23 bits per heavy atom. The standard InChI is InChI=1S/C17H17N3O4S2/c1-3-23-16(22)11-4-5-12-14(10-11)26-17(20(12)8-9-25-2)19-15(21)13-6-7-18-24-13/h4-7,10H,3,8-9H2,1-2H3. The number of esters is 1. The number of aromatic nitrogens is 2. The Balaban J connectivity index is 2.08. The third-order valence-electron chi connectivity index (χ3n) is 3.56. The number of ether oxygens (including phenoxy) is 1. The van der Waals surface area contributed by atoms with Crippen molar-refractivity contribution in [1.29, 1.82) is 0 Å². The van der Waals surface area contributed by atoms with Crippen LogP contribution in [0.2, 0.25) is 0 Å². The predicted molar refractivity (Wildman–Crippen MR) is 101 cm³/mol. The van der Waals surface area contributed by atoms with Gasteiger partial charge in [-0.3, -0.25) is 4.79 Å². The number of rotatable bonds is 6. The minimum atomic E-state index is -0.488. The van der Waals surface area contributed by atoms with Crippen LogP contribution in [0.1, 0.15) is 27.8 Å². The van der Waals surface area contributed by atoms with Gasteiger partial charge in [0.2, 0.25) is 5.76 Å². The van der Waals surface area contributed by atoms with Crippen LogP contribution in [0, 0.1) is 0 Å². The molecule has 0 saturated carbocycles. The number of thiazole rings is 1. The van der Waals surface area contributed by atoms with Crippen LogP contribution >= 0.6 is 23.1 Å². The molecule has 3 aromatic rings. The van der Waals surface area contributed by atoms with Crippen molar-refractivity contribution < 1.29 is 18.8 Å². The van der Waals surface area contributed by atoms with Crippen molar-refractivity contribution >= 4 is 45.2 Å². The lowest BCUT2D eigenvalue weighted by molar-refractivity contribution is 0.0526. The highest BCUT2D eigenvalue weighted by Gasteiger charge is 2.14. The highest BCUT2D eigenvalue weighted by atomic mass is 32.2. The number of carbonyl (C=O) groups excluding carboxylic acids is 2. The molecule has 0 N–H and O–H groups in total. The van der Waals surface area contributed by atoms with E-state index in [1.54, 1.807) is 30.8 Å². The van der Waals surface area contributed by atoms with E-state index in [0.29, 0.717) is 23.5 Å². The van der Waals surface area contributed by atoms with E-state index in [0.717, 1.165) is 16.0 Å². The van der Waals surface area contributed by atoms with E-state index in [9.17, 15) is 9.59 Å². The SMILES string of the molecule is CCOC(=O)c1ccc2c(c1)sc(=NC(=O)c1ccno1)n2CCSC. The molecule has 26 heavy (non-hydrogen) atoms. The van der Waals surface area contributed by atoms with Crippen LogP contribution in [0.25, 0.3) is 10.2 Å². The molecule has 0 atom stereocenters. The van der Waals surface area contributed by atoms with Crippen LogP contribution in [-0.4, -0.2) is 40.2 Å². The summed E-state index contributed by atoms with van der Waals surface area (Å²) in [5.41, 5.74) is 1.40. The average molecular weight is 391 g/mol. The third kappa shape index (κ3) is 3.88. The van der Waals surface area contributed by atoms with Gasteiger partial charge in [-0.25, -0.2) is 4.79 Å². The second-order valence-electron chi connectivity index (χ2n) is 5.23. The van der Waals surface area contributed by atoms with Gasteiger partial charge in [-0.15, -0.1) is 0 Å². The largest absolute Gasteiger partial charge is 0.462 e. The molecular formula is C17H17N3O4S2. The minimum Gasteiger partial charge on any atom is -0.462 e. The smallest absolute Gasteiger partial charge is 0.338 e. The van der Waals surface area contributed by atoms with Crippen LogP contribution in [0.15, 0.2) is 40.0 Å². The number of amides is 1. The van der Waals surface area contributed by atoms with Crippen molar-refractivity contribution in [1.82, 2.24) is 9.72 Å². The summed E-state index contributed by atoms with van der Waals surface area (Å²) in [4.78, 5) is 29.0. The highest BCUT2D eigenvalue weighted by Crippen LogP contribution is 2.20. The minimum absolute atomic E-state index is 0.0890. The summed E-state index contributed by atoms with van der Waals surface area (Å²) < 4.78 is 12.8. The number of aryl methyl sites for hydroxylation is 1. The summed E-state index contributed by atoms with van der Waals surface area (Å²) in [6.45, 7) is 2.79. The quantitative estimate of drug-likeness (QED) is 0.601. The van der Waals surface area contributed by atoms with Gasteiger partial charge < -0.3 is 13.8 Å². The van der Waals surface area contributed by atoms with Gasteiger partial charge in [0, 0.05) is 18.4 Å². The van der Waals surface area contributed by atoms with Gasteiger partial charge in [-0.2, -0.15) is 16.8 Å². The zero-order valence-corrected chi connectivity index (χ0v) is 15.9. The van der Waals surface area contributed by atoms with Crippen molar-refractivity contribution in [3.05, 3.63) is 46.6 Å². The lowest BCUT2D eigenvalue weighted by Gasteiger charge is -2.05. The average Bonchev–Trinajstić information content (AvgIpc) is 3.27. The summed E-state index contributed by atoms with van der Waals surface area (Å²) in [7, 11) is 0. The molecule has 0 aliphatic rings. The molecule has 0 radical (unpaired) electrons. The number of nitrogens with zero attached hydrogens (tertiary/aromatic N) is 3. The molecule has 0 unspecified atom stereocenters. The molecule has 3 rings (SSSR count). The van der Waals surface area contributed by atoms with Gasteiger partial charge in [0.15, 0.2) is 4.80 Å². The van der Waals surface area contributed by atoms with Crippen molar-refractivity contribution in [2.24, 2.45) is 4.99 Å². The molecule has 0 aliphatic carbocycles. The summed E-state index contributed by atoms with van der Waals surface area (Å²) >= 11 is 3.05. The first-order valence-corrected chi connectivity index (χ1v) is 10.1. The lowest BCUT2D eigenvalue weighted by atomic mass is 10.2. The molecule has 2 aromatic heterocycles. The third-order valence-corrected chi connectivity index (χ3v) is 5.19. The maximum atomic E-state index is 12.3. The topological polar surface area (TPSA) is 86.7 Å². The molecular weight excluding hydrogens is 374 g/mol. The first-order chi connectivity index (χ1) is 12.6. The molecule has 0 fully saturated rings. The van der Waals surface area contributed by atoms with Gasteiger partial charge in [0.05, 0.1) is 28.6 Å². The zero-order valence-electron chi connectivity index (χ0n) is 14.3. The monoisotopic (exact) mass is 391 g/mol. The van der Waals surface area contributed by atoms with Crippen LogP contribution in [0.4, 0.5) is 0 Å². The summed E-state index contributed by atoms with van der Waals surface area (Å²) in [5.74, 6) is 0.105. The molecule has 7 nitrogen and oxygen atoms in total. The van der Waals surface area contributed by atoms with Gasteiger partial charge in [-0.05, 0) is 31.4 Å². The molecule has 1 aromatic carbocycles. The van der Waals surface area contributed by atoms with Crippen LogP contribution in [-0.2, 0) is 11.3 Å². The molecule has 0 bridgehead atoms. The Morgan fingerprint density at radius 1 is 1.38 bits per heavy atom. The number of hydrogen-bond donors (Lipinski definition) is 0. The number of carbonyl (C=O) groups is 2. The van der Waals surface area contributed by atoms with E-state index in [1.165, 1.54) is 23.6 Å². The number of hydrogen-bond acceptors (Lipinski definition) is 7. The van der Waals surface area contributed by atoms with Gasteiger partial charge >= 0.3 is 11.9 Å². The fourth-order valence-electron chi connectivity index (χ4n) is 2.37. The van der Waals surface area contributed by atoms with E-state index in [4.69, 9.17) is 9.26 Å². The Bertz CT molecular complexity index is 989. The Labute approximate surface area is 157 Å². The van der Waals surface area contributed by atoms with E-state index in [1.807, 2.05) is 16.9 Å². The molecule has 9 heteroatoms. The first-order valence-electron chi connectivity index (χ1n) is 7.93. The second-order valence-corrected chi connectivity index (χ2v) is 7.22. The van der Waals surface area contributed by atoms with Crippen LogP contribution in [0.5, 0.6) is 0 Å². The zero-order chi connectivity index (χ0) is 18.5. The Morgan fingerprint density at radius 3 is 2.92 bits per heavy atom. The predicted octanol–water partition coefficient (Wildman–Crippen LogP) is 2.97. The van der Waals surface area contributed by atoms with E-state index >= 15 is 0 Å². The lowest BCUT2D eigenvalue weighted by Crippen LogP contribution is -2.18. The first kappa shape index (κ1) is 18.4. The summed E-state index contributed by atoms with van der Waals surface area (Å²) in [6, 6.07) is 6.83. The Hall–Kier alpha value is -2.39. The fraction of sp³-hybridized carbons (Fsp3) is 0.294. The van der Waals surface area contributed by atoms with Crippen LogP contribution < -0.4 is 4.80 Å². The molecule has 136 valence electrons. The maximum Gasteiger partial charge on any atom is 0.338 e. The summed E-state index contributed by atoms with van der Waals surface area (Å²) in [6.07, 6.45) is 3.42. The number of benzene rings is 1. The number of thioether (sulfide) groups is 1. The van der Waals surface area contributed by atoms with Gasteiger partial charge in [0.25, 0.3) is 0 Å². The van der Waals surface area contributed by atoms with E-state index in [2.05, 4.69) is 10.1 Å². The normalized spacial score (nSPS) is 11.8. The number of fused-ring (bicyclic) bond motifs is 1. The summed E-state index contributed by atoms with van der Waals surface area (Å²) in [5, 5.41) is 3.53. The fourth-order valence-corrected chi connectivity index (χ4v) is 3.83. The van der Waals surface area contributed by atoms with Crippen LogP contribution in [0.3, 0.4) is 0 Å². The van der Waals surface area contributed by atoms with Gasteiger partial charge in [-0.1, -0.05) is 16.5 Å². The van der Waals surface area contributed by atoms with E-state index < -0.39 is 5.91 Å². The molecule has 1 amide bonds. The Kier molecular flexibility index (Phi) is 5.89. The molecule has 2 heterocycles. The highest BCUT2D eigenvalue weighted by molar-refractivity contribution is 7.98. The molecule has 0 aliphatic heterocycles. The van der Waals surface area contributed by atoms with Gasteiger partial charge in [0.1, 0.15) is 0 Å². The van der Waals surface area contributed by atoms with Crippen molar-refractivity contribution in [2.75, 3.05) is 18.6 Å². The maximum absolute atomic E-state index is 12.3.